The van der Waals surface area contributed by atoms with E-state index < -0.39 is 5.97 Å². The summed E-state index contributed by atoms with van der Waals surface area (Å²) in [6.45, 7) is 6.72. The summed E-state index contributed by atoms with van der Waals surface area (Å²) in [6.07, 6.45) is 1.76. The molecule has 0 aliphatic carbocycles. The van der Waals surface area contributed by atoms with Gasteiger partial charge in [-0.25, -0.2) is 4.39 Å². The van der Waals surface area contributed by atoms with Crippen molar-refractivity contribution in [1.82, 2.24) is 4.90 Å². The summed E-state index contributed by atoms with van der Waals surface area (Å²) in [6, 6.07) is 14.5. The average molecular weight is 379 g/mol. The quantitative estimate of drug-likeness (QED) is 0.774. The molecule has 0 aliphatic rings. The molecular formula is C24H26FNO2. The van der Waals surface area contributed by atoms with Crippen molar-refractivity contribution >= 4 is 11.5 Å². The maximum atomic E-state index is 14.3. The highest BCUT2D eigenvalue weighted by atomic mass is 19.1. The molecule has 0 unspecified atom stereocenters. The molecule has 1 N–H and O–H groups in total. The van der Waals surface area contributed by atoms with Gasteiger partial charge in [-0.3, -0.25) is 9.69 Å². The van der Waals surface area contributed by atoms with E-state index in [1.807, 2.05) is 12.1 Å². The van der Waals surface area contributed by atoms with Crippen molar-refractivity contribution in [3.63, 3.8) is 0 Å². The van der Waals surface area contributed by atoms with Crippen molar-refractivity contribution in [2.75, 3.05) is 20.1 Å². The first kappa shape index (κ1) is 21.4. The minimum absolute atomic E-state index is 0.0684. The predicted octanol–water partition coefficient (Wildman–Crippen LogP) is 4.57. The lowest BCUT2D eigenvalue weighted by Crippen LogP contribution is -2.25. The van der Waals surface area contributed by atoms with E-state index in [9.17, 15) is 9.18 Å². The predicted molar refractivity (Wildman–Crippen MR) is 112 cm³/mol. The van der Waals surface area contributed by atoms with Gasteiger partial charge in [-0.1, -0.05) is 69.0 Å². The molecule has 0 radical (unpaired) electrons. The molecule has 0 atom stereocenters. The fourth-order valence-corrected chi connectivity index (χ4v) is 2.64. The van der Waals surface area contributed by atoms with Crippen molar-refractivity contribution in [2.45, 2.75) is 26.2 Å². The molecule has 2 aromatic rings. The fourth-order valence-electron chi connectivity index (χ4n) is 2.64. The fraction of sp³-hybridized carbons (Fsp3) is 0.292. The highest BCUT2D eigenvalue weighted by molar-refractivity contribution is 5.80. The number of carboxylic acids is 1. The third kappa shape index (κ3) is 6.37. The van der Waals surface area contributed by atoms with Crippen LogP contribution in [0.4, 0.5) is 4.39 Å². The number of nitrogens with zero attached hydrogens (tertiary/aromatic N) is 1. The molecule has 146 valence electrons. The van der Waals surface area contributed by atoms with E-state index >= 15 is 0 Å². The van der Waals surface area contributed by atoms with Gasteiger partial charge in [0.25, 0.3) is 0 Å². The van der Waals surface area contributed by atoms with Gasteiger partial charge in [-0.15, -0.1) is 0 Å². The van der Waals surface area contributed by atoms with Crippen LogP contribution in [0.5, 0.6) is 0 Å². The summed E-state index contributed by atoms with van der Waals surface area (Å²) in [5, 5.41) is 8.89. The molecule has 0 fully saturated rings. The number of carbonyl (C=O) groups is 1. The highest BCUT2D eigenvalue weighted by Crippen LogP contribution is 2.22. The van der Waals surface area contributed by atoms with Gasteiger partial charge in [0, 0.05) is 23.2 Å². The van der Waals surface area contributed by atoms with E-state index in [2.05, 4.69) is 44.7 Å². The van der Waals surface area contributed by atoms with Crippen LogP contribution >= 0.6 is 0 Å². The Labute approximate surface area is 166 Å². The lowest BCUT2D eigenvalue weighted by atomic mass is 9.87. The Morgan fingerprint density at radius 1 is 1.14 bits per heavy atom. The smallest absolute Gasteiger partial charge is 0.317 e. The van der Waals surface area contributed by atoms with E-state index in [4.69, 9.17) is 5.11 Å². The minimum Gasteiger partial charge on any atom is -0.480 e. The second-order valence-corrected chi connectivity index (χ2v) is 7.77. The van der Waals surface area contributed by atoms with Crippen LogP contribution in [-0.4, -0.2) is 36.1 Å². The van der Waals surface area contributed by atoms with Crippen LogP contribution in [0.2, 0.25) is 0 Å². The Kier molecular flexibility index (Phi) is 7.14. The number of hydrogen-bond donors (Lipinski definition) is 1. The van der Waals surface area contributed by atoms with Gasteiger partial charge < -0.3 is 5.11 Å². The lowest BCUT2D eigenvalue weighted by Gasteiger charge is -2.18. The van der Waals surface area contributed by atoms with Crippen LogP contribution in [0.15, 0.2) is 54.6 Å². The van der Waals surface area contributed by atoms with Crippen LogP contribution in [0.25, 0.3) is 5.57 Å². The Morgan fingerprint density at radius 2 is 1.79 bits per heavy atom. The van der Waals surface area contributed by atoms with Crippen LogP contribution in [0, 0.1) is 17.7 Å². The zero-order valence-electron chi connectivity index (χ0n) is 16.8. The van der Waals surface area contributed by atoms with Crippen molar-refractivity contribution < 1.29 is 14.3 Å². The Bertz CT molecular complexity index is 912. The third-order valence-electron chi connectivity index (χ3n) is 4.27. The monoisotopic (exact) mass is 379 g/mol. The second kappa shape index (κ2) is 9.34. The first-order valence-corrected chi connectivity index (χ1v) is 9.15. The molecule has 0 heterocycles. The molecule has 0 bridgehead atoms. The zero-order chi connectivity index (χ0) is 20.7. The van der Waals surface area contributed by atoms with Gasteiger partial charge in [0.1, 0.15) is 5.82 Å². The van der Waals surface area contributed by atoms with Crippen LogP contribution < -0.4 is 0 Å². The van der Waals surface area contributed by atoms with Gasteiger partial charge in [-0.05, 0) is 36.2 Å². The number of aliphatic carboxylic acids is 1. The molecule has 0 saturated carbocycles. The molecule has 0 aromatic heterocycles. The zero-order valence-corrected chi connectivity index (χ0v) is 16.8. The maximum Gasteiger partial charge on any atom is 0.317 e. The molecule has 0 amide bonds. The average Bonchev–Trinajstić information content (AvgIpc) is 2.62. The number of carboxylic acid groups (broad SMARTS) is 1. The van der Waals surface area contributed by atoms with Crippen molar-refractivity contribution in [3.8, 4) is 11.8 Å². The maximum absolute atomic E-state index is 14.3. The van der Waals surface area contributed by atoms with Crippen LogP contribution in [0.3, 0.4) is 0 Å². The Morgan fingerprint density at radius 3 is 2.36 bits per heavy atom. The lowest BCUT2D eigenvalue weighted by molar-refractivity contribution is -0.137. The van der Waals surface area contributed by atoms with E-state index in [-0.39, 0.29) is 17.8 Å². The molecule has 0 saturated heterocycles. The molecule has 2 rings (SSSR count). The first-order valence-electron chi connectivity index (χ1n) is 9.15. The number of hydrogen-bond acceptors (Lipinski definition) is 2. The summed E-state index contributed by atoms with van der Waals surface area (Å²) in [4.78, 5) is 12.5. The number of benzene rings is 2. The Balaban J connectivity index is 2.32. The standard InChI is InChI=1S/C24H26FNO2/c1-24(2,3)20-13-10-18(11-14-20)9-12-19(15-16-26(4)17-23(27)28)21-7-5-6-8-22(21)25/h5-8,10-11,13-15H,16-17H2,1-4H3,(H,27,28)/b19-15-. The van der Waals surface area contributed by atoms with Gasteiger partial charge in [0.2, 0.25) is 0 Å². The second-order valence-electron chi connectivity index (χ2n) is 7.77. The van der Waals surface area contributed by atoms with Crippen LogP contribution in [0.1, 0.15) is 37.5 Å². The summed E-state index contributed by atoms with van der Waals surface area (Å²) < 4.78 is 14.3. The third-order valence-corrected chi connectivity index (χ3v) is 4.27. The largest absolute Gasteiger partial charge is 0.480 e. The molecule has 2 aromatic carbocycles. The molecule has 28 heavy (non-hydrogen) atoms. The van der Waals surface area contributed by atoms with Gasteiger partial charge in [0.15, 0.2) is 0 Å². The van der Waals surface area contributed by atoms with E-state index in [0.717, 1.165) is 5.56 Å². The number of halogens is 1. The highest BCUT2D eigenvalue weighted by Gasteiger charge is 2.12. The van der Waals surface area contributed by atoms with Gasteiger partial charge >= 0.3 is 5.97 Å². The van der Waals surface area contributed by atoms with Crippen molar-refractivity contribution in [1.29, 1.82) is 0 Å². The first-order chi connectivity index (χ1) is 13.2. The van der Waals surface area contributed by atoms with E-state index in [1.54, 1.807) is 36.2 Å². The Hall–Kier alpha value is -2.90. The van der Waals surface area contributed by atoms with E-state index in [1.165, 1.54) is 11.6 Å². The minimum atomic E-state index is -0.909. The van der Waals surface area contributed by atoms with E-state index in [0.29, 0.717) is 17.7 Å². The summed E-state index contributed by atoms with van der Waals surface area (Å²) in [5.74, 6) is 4.89. The van der Waals surface area contributed by atoms with Crippen LogP contribution in [-0.2, 0) is 10.2 Å². The summed E-state index contributed by atoms with van der Waals surface area (Å²) >= 11 is 0. The molecule has 4 heteroatoms. The van der Waals surface area contributed by atoms with Crippen molar-refractivity contribution in [3.05, 3.63) is 77.1 Å². The van der Waals surface area contributed by atoms with Gasteiger partial charge in [0.05, 0.1) is 6.54 Å². The number of likely N-dealkylation sites (N-methyl/N-ethyl adjacent to an activating group) is 1. The topological polar surface area (TPSA) is 40.5 Å². The molecule has 0 aliphatic heterocycles. The SMILES string of the molecule is CN(C/C=C(/C#Cc1ccc(C(C)(C)C)cc1)c1ccccc1F)CC(=O)O. The normalized spacial score (nSPS) is 11.9. The number of rotatable bonds is 5. The molecule has 3 nitrogen and oxygen atoms in total. The van der Waals surface area contributed by atoms with Gasteiger partial charge in [-0.2, -0.15) is 0 Å². The molecule has 0 spiro atoms. The van der Waals surface area contributed by atoms with Crippen molar-refractivity contribution in [2.24, 2.45) is 0 Å². The summed E-state index contributed by atoms with van der Waals surface area (Å²) in [7, 11) is 1.70. The summed E-state index contributed by atoms with van der Waals surface area (Å²) in [5.41, 5.74) is 3.08. The number of allylic oxidation sites excluding steroid dienone is 1. The molecular weight excluding hydrogens is 353 g/mol.